The maximum absolute atomic E-state index is 13.6. The molecule has 0 spiro atoms. The largest absolute Gasteiger partial charge is 0.345 e. The van der Waals surface area contributed by atoms with Crippen molar-refractivity contribution in [2.45, 2.75) is 26.9 Å². The first-order valence-electron chi connectivity index (χ1n) is 4.96. The summed E-state index contributed by atoms with van der Waals surface area (Å²) in [5.74, 6) is 0.232. The summed E-state index contributed by atoms with van der Waals surface area (Å²) in [4.78, 5) is 6.20. The summed E-state index contributed by atoms with van der Waals surface area (Å²) in [6.45, 7) is 6.83. The van der Waals surface area contributed by atoms with E-state index in [2.05, 4.69) is 18.8 Å². The lowest BCUT2D eigenvalue weighted by molar-refractivity contribution is 0.323. The second-order valence-electron chi connectivity index (χ2n) is 4.22. The monoisotopic (exact) mass is 194 g/mol. The molecular weight excluding hydrogens is 179 g/mol. The predicted molar refractivity (Wildman–Crippen MR) is 55.7 cm³/mol. The highest BCUT2D eigenvalue weighted by Gasteiger charge is 2.29. The SMILES string of the molecule is CC1=NC2C(F)=CC(C(C)C)=CN2C1. The van der Waals surface area contributed by atoms with Crippen LogP contribution >= 0.6 is 0 Å². The van der Waals surface area contributed by atoms with Crippen molar-refractivity contribution in [3.8, 4) is 0 Å². The van der Waals surface area contributed by atoms with E-state index in [1.54, 1.807) is 6.08 Å². The molecule has 3 heteroatoms. The topological polar surface area (TPSA) is 15.6 Å². The Hall–Kier alpha value is -1.12. The predicted octanol–water partition coefficient (Wildman–Crippen LogP) is 2.50. The molecule has 0 bridgehead atoms. The fourth-order valence-electron chi connectivity index (χ4n) is 1.79. The summed E-state index contributed by atoms with van der Waals surface area (Å²) in [5.41, 5.74) is 2.04. The zero-order valence-corrected chi connectivity index (χ0v) is 8.79. The summed E-state index contributed by atoms with van der Waals surface area (Å²) in [5, 5.41) is 0. The minimum absolute atomic E-state index is 0.131. The molecule has 2 aliphatic rings. The van der Waals surface area contributed by atoms with Crippen LogP contribution in [0.1, 0.15) is 20.8 Å². The molecule has 0 aromatic carbocycles. The molecule has 76 valence electrons. The van der Waals surface area contributed by atoms with E-state index >= 15 is 0 Å². The van der Waals surface area contributed by atoms with Crippen LogP contribution in [0, 0.1) is 5.92 Å². The molecule has 2 aliphatic heterocycles. The Balaban J connectivity index is 2.29. The van der Waals surface area contributed by atoms with E-state index in [1.165, 1.54) is 0 Å². The first-order chi connectivity index (χ1) is 6.58. The number of halogens is 1. The van der Waals surface area contributed by atoms with Crippen LogP contribution in [0.25, 0.3) is 0 Å². The molecule has 0 aliphatic carbocycles. The number of allylic oxidation sites excluding steroid dienone is 2. The van der Waals surface area contributed by atoms with Crippen LogP contribution in [-0.2, 0) is 0 Å². The lowest BCUT2D eigenvalue weighted by Gasteiger charge is -2.26. The number of nitrogens with zero attached hydrogens (tertiary/aromatic N) is 2. The fraction of sp³-hybridized carbons (Fsp3) is 0.545. The zero-order chi connectivity index (χ0) is 10.3. The molecule has 0 saturated carbocycles. The third-order valence-electron chi connectivity index (χ3n) is 2.60. The Kier molecular flexibility index (Phi) is 2.17. The van der Waals surface area contributed by atoms with Crippen LogP contribution in [0.5, 0.6) is 0 Å². The van der Waals surface area contributed by atoms with Gasteiger partial charge < -0.3 is 4.90 Å². The number of fused-ring (bicyclic) bond motifs is 1. The average molecular weight is 194 g/mol. The van der Waals surface area contributed by atoms with Crippen LogP contribution < -0.4 is 0 Å². The quantitative estimate of drug-likeness (QED) is 0.626. The molecule has 2 heterocycles. The summed E-state index contributed by atoms with van der Waals surface area (Å²) in [6.07, 6.45) is 3.27. The van der Waals surface area contributed by atoms with Crippen molar-refractivity contribution >= 4 is 5.71 Å². The summed E-state index contributed by atoms with van der Waals surface area (Å²) < 4.78 is 13.6. The van der Waals surface area contributed by atoms with Gasteiger partial charge in [-0.1, -0.05) is 13.8 Å². The van der Waals surface area contributed by atoms with Crippen molar-refractivity contribution in [1.82, 2.24) is 4.90 Å². The highest BCUT2D eigenvalue weighted by atomic mass is 19.1. The second kappa shape index (κ2) is 3.23. The molecule has 14 heavy (non-hydrogen) atoms. The van der Waals surface area contributed by atoms with E-state index in [0.717, 1.165) is 17.8 Å². The van der Waals surface area contributed by atoms with E-state index in [1.807, 2.05) is 18.0 Å². The van der Waals surface area contributed by atoms with Crippen molar-refractivity contribution in [2.75, 3.05) is 6.54 Å². The standard InChI is InChI=1S/C11H15FN2/c1-7(2)9-4-10(12)11-13-8(3)5-14(11)6-9/h4,6-7,11H,5H2,1-3H3. The van der Waals surface area contributed by atoms with E-state index in [9.17, 15) is 4.39 Å². The zero-order valence-electron chi connectivity index (χ0n) is 8.79. The molecule has 0 N–H and O–H groups in total. The number of aliphatic imine (C=N–C) groups is 1. The molecule has 0 aromatic heterocycles. The third-order valence-corrected chi connectivity index (χ3v) is 2.60. The normalized spacial score (nSPS) is 25.9. The Morgan fingerprint density at radius 1 is 1.57 bits per heavy atom. The van der Waals surface area contributed by atoms with Gasteiger partial charge in [0, 0.05) is 11.9 Å². The van der Waals surface area contributed by atoms with Crippen LogP contribution in [-0.4, -0.2) is 23.3 Å². The van der Waals surface area contributed by atoms with Crippen LogP contribution in [0.4, 0.5) is 4.39 Å². The van der Waals surface area contributed by atoms with Gasteiger partial charge in [0.25, 0.3) is 0 Å². The van der Waals surface area contributed by atoms with Crippen LogP contribution in [0.15, 0.2) is 28.7 Å². The van der Waals surface area contributed by atoms with Gasteiger partial charge in [-0.05, 0) is 24.5 Å². The highest BCUT2D eigenvalue weighted by Crippen LogP contribution is 2.29. The Morgan fingerprint density at radius 3 is 2.93 bits per heavy atom. The highest BCUT2D eigenvalue weighted by molar-refractivity contribution is 5.86. The van der Waals surface area contributed by atoms with Crippen molar-refractivity contribution in [1.29, 1.82) is 0 Å². The Morgan fingerprint density at radius 2 is 2.29 bits per heavy atom. The van der Waals surface area contributed by atoms with Gasteiger partial charge in [-0.2, -0.15) is 0 Å². The van der Waals surface area contributed by atoms with E-state index in [0.29, 0.717) is 5.92 Å². The van der Waals surface area contributed by atoms with Gasteiger partial charge in [0.05, 0.1) is 6.54 Å². The number of hydrogen-bond acceptors (Lipinski definition) is 2. The van der Waals surface area contributed by atoms with E-state index < -0.39 is 0 Å². The fourth-order valence-corrected chi connectivity index (χ4v) is 1.79. The summed E-state index contributed by atoms with van der Waals surface area (Å²) >= 11 is 0. The molecular formula is C11H15FN2. The smallest absolute Gasteiger partial charge is 0.173 e. The van der Waals surface area contributed by atoms with Gasteiger partial charge in [-0.15, -0.1) is 0 Å². The van der Waals surface area contributed by atoms with Gasteiger partial charge in [-0.25, -0.2) is 4.39 Å². The Labute approximate surface area is 83.8 Å². The molecule has 0 radical (unpaired) electrons. The first kappa shape index (κ1) is 9.44. The van der Waals surface area contributed by atoms with Crippen molar-refractivity contribution in [3.05, 3.63) is 23.7 Å². The average Bonchev–Trinajstić information content (AvgIpc) is 2.45. The van der Waals surface area contributed by atoms with E-state index in [-0.39, 0.29) is 12.0 Å². The lowest BCUT2D eigenvalue weighted by Crippen LogP contribution is -2.29. The maximum Gasteiger partial charge on any atom is 0.173 e. The minimum Gasteiger partial charge on any atom is -0.345 e. The van der Waals surface area contributed by atoms with E-state index in [4.69, 9.17) is 0 Å². The number of rotatable bonds is 1. The summed E-state index contributed by atoms with van der Waals surface area (Å²) in [7, 11) is 0. The molecule has 1 atom stereocenters. The lowest BCUT2D eigenvalue weighted by atomic mass is 10.0. The van der Waals surface area contributed by atoms with Gasteiger partial charge in [0.1, 0.15) is 5.83 Å². The minimum atomic E-state index is -0.377. The Bertz CT molecular complexity index is 339. The number of hydrogen-bond donors (Lipinski definition) is 0. The summed E-state index contributed by atoms with van der Waals surface area (Å²) in [6, 6.07) is 0. The van der Waals surface area contributed by atoms with Gasteiger partial charge >= 0.3 is 0 Å². The maximum atomic E-state index is 13.6. The van der Waals surface area contributed by atoms with Crippen molar-refractivity contribution in [3.63, 3.8) is 0 Å². The molecule has 2 rings (SSSR count). The van der Waals surface area contributed by atoms with Crippen molar-refractivity contribution < 1.29 is 4.39 Å². The van der Waals surface area contributed by atoms with Crippen LogP contribution in [0.3, 0.4) is 0 Å². The molecule has 2 nitrogen and oxygen atoms in total. The molecule has 0 amide bonds. The molecule has 0 saturated heterocycles. The molecule has 0 aromatic rings. The molecule has 1 unspecified atom stereocenters. The van der Waals surface area contributed by atoms with Crippen LogP contribution in [0.2, 0.25) is 0 Å². The third kappa shape index (κ3) is 1.47. The first-order valence-corrected chi connectivity index (χ1v) is 4.96. The second-order valence-corrected chi connectivity index (χ2v) is 4.22. The van der Waals surface area contributed by atoms with Crippen molar-refractivity contribution in [2.24, 2.45) is 10.9 Å². The van der Waals surface area contributed by atoms with Gasteiger partial charge in [-0.3, -0.25) is 4.99 Å². The molecule has 0 fully saturated rings. The van der Waals surface area contributed by atoms with Gasteiger partial charge in [0.2, 0.25) is 0 Å². The van der Waals surface area contributed by atoms with Gasteiger partial charge in [0.15, 0.2) is 6.17 Å².